The fraction of sp³-hybridized carbons (Fsp3) is 0.300. The Morgan fingerprint density at radius 3 is 2.07 bits per heavy atom. The fourth-order valence-electron chi connectivity index (χ4n) is 1.12. The molecule has 76 valence electrons. The number of carbonyl (C=O) groups is 1. The zero-order valence-electron chi connectivity index (χ0n) is 8.50. The van der Waals surface area contributed by atoms with Crippen LogP contribution in [-0.4, -0.2) is 13.5 Å². The van der Waals surface area contributed by atoms with Crippen LogP contribution < -0.4 is 9.92 Å². The summed E-state index contributed by atoms with van der Waals surface area (Å²) in [5, 5.41) is 1.33. The Kier molecular flexibility index (Phi) is 3.34. The van der Waals surface area contributed by atoms with Gasteiger partial charge in [0.05, 0.1) is 8.07 Å². The van der Waals surface area contributed by atoms with Gasteiger partial charge in [-0.15, -0.1) is 0 Å². The van der Waals surface area contributed by atoms with Crippen LogP contribution in [0, 0.1) is 0 Å². The maximum atomic E-state index is 10.4. The third kappa shape index (κ3) is 3.16. The van der Waals surface area contributed by atoms with E-state index in [9.17, 15) is 4.79 Å². The zero-order valence-corrected chi connectivity index (χ0v) is 10.3. The number of rotatable bonds is 2. The van der Waals surface area contributed by atoms with Crippen molar-refractivity contribution < 1.29 is 9.53 Å². The highest BCUT2D eigenvalue weighted by molar-refractivity contribution is 6.88. The molecule has 0 saturated heterocycles. The second-order valence-corrected chi connectivity index (χ2v) is 9.50. The lowest BCUT2D eigenvalue weighted by molar-refractivity contribution is 0.225. The summed E-state index contributed by atoms with van der Waals surface area (Å²) in [5.74, 6) is 0.493. The van der Waals surface area contributed by atoms with Crippen molar-refractivity contribution in [2.45, 2.75) is 19.6 Å². The predicted molar refractivity (Wildman–Crippen MR) is 61.3 cm³/mol. The Labute approximate surface area is 89.9 Å². The van der Waals surface area contributed by atoms with Crippen LogP contribution in [0.15, 0.2) is 24.3 Å². The van der Waals surface area contributed by atoms with E-state index in [4.69, 9.17) is 16.3 Å². The van der Waals surface area contributed by atoms with E-state index in [0.717, 1.165) is 0 Å². The quantitative estimate of drug-likeness (QED) is 0.575. The van der Waals surface area contributed by atoms with Gasteiger partial charge in [-0.2, -0.15) is 0 Å². The number of halogens is 1. The molecule has 0 aromatic heterocycles. The molecule has 0 aliphatic rings. The number of carbonyl (C=O) groups excluding carboxylic acids is 1. The van der Waals surface area contributed by atoms with Gasteiger partial charge < -0.3 is 4.74 Å². The van der Waals surface area contributed by atoms with E-state index < -0.39 is 13.5 Å². The second-order valence-electron chi connectivity index (χ2n) is 4.11. The lowest BCUT2D eigenvalue weighted by Crippen LogP contribution is -2.37. The van der Waals surface area contributed by atoms with Crippen LogP contribution in [0.2, 0.25) is 19.6 Å². The van der Waals surface area contributed by atoms with Crippen LogP contribution in [-0.2, 0) is 0 Å². The van der Waals surface area contributed by atoms with E-state index >= 15 is 0 Å². The third-order valence-electron chi connectivity index (χ3n) is 1.92. The largest absolute Gasteiger partial charge is 0.415 e. The minimum atomic E-state index is -1.27. The van der Waals surface area contributed by atoms with E-state index in [1.54, 1.807) is 12.1 Å². The van der Waals surface area contributed by atoms with Crippen molar-refractivity contribution in [3.8, 4) is 5.75 Å². The van der Waals surface area contributed by atoms with E-state index in [0.29, 0.717) is 5.75 Å². The molecule has 0 unspecified atom stereocenters. The molecule has 2 nitrogen and oxygen atoms in total. The van der Waals surface area contributed by atoms with Crippen LogP contribution >= 0.6 is 11.6 Å². The zero-order chi connectivity index (χ0) is 10.8. The van der Waals surface area contributed by atoms with Crippen molar-refractivity contribution in [2.75, 3.05) is 0 Å². The molecular weight excluding hydrogens is 216 g/mol. The standard InChI is InChI=1S/C10H13ClO2Si/c1-14(2,3)9-6-4-8(5-7-9)13-10(11)12/h4-7H,1-3H3. The van der Waals surface area contributed by atoms with Gasteiger partial charge in [-0.1, -0.05) is 37.0 Å². The van der Waals surface area contributed by atoms with Crippen LogP contribution in [0.5, 0.6) is 5.75 Å². The van der Waals surface area contributed by atoms with Gasteiger partial charge in [-0.05, 0) is 12.1 Å². The number of hydrogen-bond donors (Lipinski definition) is 0. The van der Waals surface area contributed by atoms with Crippen molar-refractivity contribution in [3.63, 3.8) is 0 Å². The molecule has 0 aliphatic carbocycles. The van der Waals surface area contributed by atoms with Crippen molar-refractivity contribution in [3.05, 3.63) is 24.3 Å². The normalized spacial score (nSPS) is 11.1. The summed E-state index contributed by atoms with van der Waals surface area (Å²) in [6.07, 6.45) is 0. The SMILES string of the molecule is C[Si](C)(C)c1ccc(OC(=O)Cl)cc1. The van der Waals surface area contributed by atoms with Gasteiger partial charge >= 0.3 is 5.43 Å². The molecule has 0 spiro atoms. The van der Waals surface area contributed by atoms with Gasteiger partial charge in [0.2, 0.25) is 0 Å². The van der Waals surface area contributed by atoms with E-state index in [-0.39, 0.29) is 0 Å². The summed E-state index contributed by atoms with van der Waals surface area (Å²) in [4.78, 5) is 10.4. The van der Waals surface area contributed by atoms with Gasteiger partial charge in [0.15, 0.2) is 0 Å². The first kappa shape index (κ1) is 11.3. The summed E-state index contributed by atoms with van der Waals surface area (Å²) in [6, 6.07) is 7.52. The van der Waals surface area contributed by atoms with Gasteiger partial charge in [-0.3, -0.25) is 0 Å². The molecule has 0 heterocycles. The molecule has 0 bridgehead atoms. The Morgan fingerprint density at radius 1 is 1.21 bits per heavy atom. The van der Waals surface area contributed by atoms with Gasteiger partial charge in [-0.25, -0.2) is 4.79 Å². The predicted octanol–water partition coefficient (Wildman–Crippen LogP) is 2.97. The summed E-state index contributed by atoms with van der Waals surface area (Å²) in [5.41, 5.74) is -0.800. The van der Waals surface area contributed by atoms with E-state index in [2.05, 4.69) is 19.6 Å². The molecule has 1 rings (SSSR count). The fourth-order valence-corrected chi connectivity index (χ4v) is 2.37. The van der Waals surface area contributed by atoms with E-state index in [1.807, 2.05) is 12.1 Å². The monoisotopic (exact) mass is 228 g/mol. The first-order valence-electron chi connectivity index (χ1n) is 4.37. The highest BCUT2D eigenvalue weighted by Gasteiger charge is 2.15. The van der Waals surface area contributed by atoms with Crippen molar-refractivity contribution >= 4 is 30.3 Å². The van der Waals surface area contributed by atoms with Crippen molar-refractivity contribution in [1.82, 2.24) is 0 Å². The molecule has 0 aliphatic heterocycles. The Morgan fingerprint density at radius 2 is 1.71 bits per heavy atom. The maximum Gasteiger partial charge on any atom is 0.409 e. The Bertz CT molecular complexity index is 327. The van der Waals surface area contributed by atoms with Gasteiger partial charge in [0.25, 0.3) is 0 Å². The molecule has 0 fully saturated rings. The molecule has 0 amide bonds. The molecule has 14 heavy (non-hydrogen) atoms. The second kappa shape index (κ2) is 4.15. The molecule has 4 heteroatoms. The third-order valence-corrected chi connectivity index (χ3v) is 4.06. The molecule has 1 aromatic carbocycles. The molecule has 1 aromatic rings. The van der Waals surface area contributed by atoms with Crippen molar-refractivity contribution in [1.29, 1.82) is 0 Å². The average Bonchev–Trinajstić information content (AvgIpc) is 2.02. The lowest BCUT2D eigenvalue weighted by atomic mass is 10.3. The molecule has 0 radical (unpaired) electrons. The summed E-state index contributed by atoms with van der Waals surface area (Å²) < 4.78 is 4.72. The highest BCUT2D eigenvalue weighted by Crippen LogP contribution is 2.11. The van der Waals surface area contributed by atoms with Crippen LogP contribution in [0.1, 0.15) is 0 Å². The van der Waals surface area contributed by atoms with Crippen LogP contribution in [0.4, 0.5) is 4.79 Å². The lowest BCUT2D eigenvalue weighted by Gasteiger charge is -2.16. The smallest absolute Gasteiger partial charge is 0.409 e. The minimum absolute atomic E-state index is 0.493. The topological polar surface area (TPSA) is 26.3 Å². The molecule has 0 N–H and O–H groups in total. The summed E-state index contributed by atoms with van der Waals surface area (Å²) in [6.45, 7) is 6.78. The minimum Gasteiger partial charge on any atom is -0.415 e. The van der Waals surface area contributed by atoms with Gasteiger partial charge in [0.1, 0.15) is 5.75 Å². The highest BCUT2D eigenvalue weighted by atomic mass is 35.5. The Hall–Kier alpha value is -0.803. The number of ether oxygens (including phenoxy) is 1. The van der Waals surface area contributed by atoms with E-state index in [1.165, 1.54) is 5.19 Å². The maximum absolute atomic E-state index is 10.4. The van der Waals surface area contributed by atoms with Crippen LogP contribution in [0.3, 0.4) is 0 Å². The van der Waals surface area contributed by atoms with Crippen molar-refractivity contribution in [2.24, 2.45) is 0 Å². The first-order chi connectivity index (χ1) is 6.39. The molecule has 0 saturated carbocycles. The van der Waals surface area contributed by atoms with Crippen LogP contribution in [0.25, 0.3) is 0 Å². The summed E-state index contributed by atoms with van der Waals surface area (Å²) >= 11 is 5.09. The number of benzene rings is 1. The van der Waals surface area contributed by atoms with Gasteiger partial charge in [0, 0.05) is 11.6 Å². The molecule has 0 atom stereocenters. The molecular formula is C10H13ClO2Si. The first-order valence-corrected chi connectivity index (χ1v) is 8.25. The Balaban J connectivity index is 2.84. The summed E-state index contributed by atoms with van der Waals surface area (Å²) in [7, 11) is -1.27. The average molecular weight is 229 g/mol. The number of hydrogen-bond acceptors (Lipinski definition) is 2.